The maximum atomic E-state index is 12.7. The lowest BCUT2D eigenvalue weighted by Gasteiger charge is -2.36. The predicted octanol–water partition coefficient (Wildman–Crippen LogP) is 2.83. The van der Waals surface area contributed by atoms with E-state index in [1.165, 1.54) is 0 Å². The van der Waals surface area contributed by atoms with Crippen LogP contribution in [-0.4, -0.2) is 46.6 Å². The molecule has 0 unspecified atom stereocenters. The summed E-state index contributed by atoms with van der Waals surface area (Å²) in [5.74, 6) is 0.715. The first-order valence-corrected chi connectivity index (χ1v) is 8.30. The van der Waals surface area contributed by atoms with Crippen LogP contribution in [0.4, 0.5) is 11.5 Å². The molecule has 1 amide bonds. The summed E-state index contributed by atoms with van der Waals surface area (Å²) >= 11 is 0. The smallest absolute Gasteiger partial charge is 0.255 e. The standard InChI is InChI=1S/C19H23N3O2/c1-14-8-10-17(23)13-22(14)19(24)15-9-11-18(20-12-15)21(2)16-6-4-3-5-7-16/h3-7,9,11-12,14,17,23H,8,10,13H2,1-2H3/t14-,17-/m1/s1. The molecule has 0 radical (unpaired) electrons. The van der Waals surface area contributed by atoms with Crippen molar-refractivity contribution in [2.24, 2.45) is 0 Å². The highest BCUT2D eigenvalue weighted by Crippen LogP contribution is 2.23. The second-order valence-electron chi connectivity index (χ2n) is 6.34. The Morgan fingerprint density at radius 1 is 1.21 bits per heavy atom. The van der Waals surface area contributed by atoms with Crippen LogP contribution in [0.3, 0.4) is 0 Å². The molecule has 0 bridgehead atoms. The number of pyridine rings is 1. The maximum Gasteiger partial charge on any atom is 0.255 e. The van der Waals surface area contributed by atoms with Crippen molar-refractivity contribution >= 4 is 17.4 Å². The molecular weight excluding hydrogens is 302 g/mol. The molecule has 1 aliphatic heterocycles. The van der Waals surface area contributed by atoms with Gasteiger partial charge in [0.2, 0.25) is 0 Å². The van der Waals surface area contributed by atoms with Gasteiger partial charge in [-0.3, -0.25) is 4.79 Å². The van der Waals surface area contributed by atoms with Gasteiger partial charge in [-0.15, -0.1) is 0 Å². The Hall–Kier alpha value is -2.40. The monoisotopic (exact) mass is 325 g/mol. The van der Waals surface area contributed by atoms with Crippen molar-refractivity contribution in [3.05, 3.63) is 54.2 Å². The first-order chi connectivity index (χ1) is 11.6. The normalized spacial score (nSPS) is 20.7. The topological polar surface area (TPSA) is 56.7 Å². The summed E-state index contributed by atoms with van der Waals surface area (Å²) in [6, 6.07) is 13.8. The Labute approximate surface area is 142 Å². The number of hydrogen-bond acceptors (Lipinski definition) is 4. The van der Waals surface area contributed by atoms with Gasteiger partial charge in [0.05, 0.1) is 11.7 Å². The fourth-order valence-corrected chi connectivity index (χ4v) is 3.03. The van der Waals surface area contributed by atoms with E-state index < -0.39 is 6.10 Å². The first-order valence-electron chi connectivity index (χ1n) is 8.30. The summed E-state index contributed by atoms with van der Waals surface area (Å²) in [7, 11) is 1.95. The van der Waals surface area contributed by atoms with E-state index in [2.05, 4.69) is 4.98 Å². The highest BCUT2D eigenvalue weighted by atomic mass is 16.3. The summed E-state index contributed by atoms with van der Waals surface area (Å²) in [4.78, 5) is 20.8. The average Bonchev–Trinajstić information content (AvgIpc) is 2.63. The van der Waals surface area contributed by atoms with Gasteiger partial charge in [-0.25, -0.2) is 4.98 Å². The minimum atomic E-state index is -0.429. The van der Waals surface area contributed by atoms with E-state index in [0.717, 1.165) is 24.3 Å². The molecule has 126 valence electrons. The number of benzene rings is 1. The Balaban J connectivity index is 1.75. The minimum absolute atomic E-state index is 0.0670. The zero-order chi connectivity index (χ0) is 17.1. The van der Waals surface area contributed by atoms with E-state index in [9.17, 15) is 9.90 Å². The van der Waals surface area contributed by atoms with Crippen molar-refractivity contribution in [2.45, 2.75) is 31.9 Å². The molecule has 1 aromatic heterocycles. The summed E-state index contributed by atoms with van der Waals surface area (Å²) in [5, 5.41) is 9.82. The Morgan fingerprint density at radius 2 is 1.96 bits per heavy atom. The number of aliphatic hydroxyl groups is 1. The molecule has 1 N–H and O–H groups in total. The molecule has 2 heterocycles. The number of aromatic nitrogens is 1. The third kappa shape index (κ3) is 3.41. The van der Waals surface area contributed by atoms with Crippen LogP contribution in [0.15, 0.2) is 48.7 Å². The first kappa shape index (κ1) is 16.5. The van der Waals surface area contributed by atoms with Gasteiger partial charge in [-0.2, -0.15) is 0 Å². The molecule has 1 saturated heterocycles. The molecule has 5 heteroatoms. The Morgan fingerprint density at radius 3 is 2.62 bits per heavy atom. The fraction of sp³-hybridized carbons (Fsp3) is 0.368. The van der Waals surface area contributed by atoms with Crippen LogP contribution in [-0.2, 0) is 0 Å². The molecule has 2 atom stereocenters. The van der Waals surface area contributed by atoms with Crippen molar-refractivity contribution in [2.75, 3.05) is 18.5 Å². The lowest BCUT2D eigenvalue weighted by atomic mass is 10.0. The molecular formula is C19H23N3O2. The Kier molecular flexibility index (Phi) is 4.81. The van der Waals surface area contributed by atoms with Crippen LogP contribution in [0.1, 0.15) is 30.1 Å². The van der Waals surface area contributed by atoms with Crippen molar-refractivity contribution in [1.82, 2.24) is 9.88 Å². The van der Waals surface area contributed by atoms with E-state index in [0.29, 0.717) is 12.1 Å². The van der Waals surface area contributed by atoms with Gasteiger partial charge < -0.3 is 14.9 Å². The van der Waals surface area contributed by atoms with Crippen LogP contribution in [0.2, 0.25) is 0 Å². The number of piperidine rings is 1. The SMILES string of the molecule is C[C@@H]1CC[C@@H](O)CN1C(=O)c1ccc(N(C)c2ccccc2)nc1. The van der Waals surface area contributed by atoms with Crippen LogP contribution in [0.25, 0.3) is 0 Å². The molecule has 1 fully saturated rings. The number of β-amino-alcohol motifs (C(OH)–C–C–N with tert-alkyl or cyclic N) is 1. The molecule has 1 aliphatic rings. The van der Waals surface area contributed by atoms with Crippen LogP contribution < -0.4 is 4.90 Å². The highest BCUT2D eigenvalue weighted by Gasteiger charge is 2.28. The van der Waals surface area contributed by atoms with E-state index >= 15 is 0 Å². The number of likely N-dealkylation sites (tertiary alicyclic amines) is 1. The summed E-state index contributed by atoms with van der Waals surface area (Å²) in [6.07, 6.45) is 2.77. The Bertz CT molecular complexity index is 688. The number of para-hydroxylation sites is 1. The van der Waals surface area contributed by atoms with Gasteiger partial charge in [0, 0.05) is 31.5 Å². The van der Waals surface area contributed by atoms with Crippen molar-refractivity contribution in [1.29, 1.82) is 0 Å². The number of carbonyl (C=O) groups excluding carboxylic acids is 1. The van der Waals surface area contributed by atoms with E-state index in [4.69, 9.17) is 0 Å². The zero-order valence-electron chi connectivity index (χ0n) is 14.1. The predicted molar refractivity (Wildman–Crippen MR) is 94.5 cm³/mol. The molecule has 0 aliphatic carbocycles. The van der Waals surface area contributed by atoms with Crippen LogP contribution in [0.5, 0.6) is 0 Å². The molecule has 3 rings (SSSR count). The van der Waals surface area contributed by atoms with E-state index in [-0.39, 0.29) is 11.9 Å². The summed E-state index contributed by atoms with van der Waals surface area (Å²) in [6.45, 7) is 2.42. The van der Waals surface area contributed by atoms with E-state index in [1.807, 2.05) is 55.3 Å². The maximum absolute atomic E-state index is 12.7. The van der Waals surface area contributed by atoms with Gasteiger partial charge in [0.15, 0.2) is 0 Å². The number of hydrogen-bond donors (Lipinski definition) is 1. The molecule has 0 saturated carbocycles. The van der Waals surface area contributed by atoms with Gasteiger partial charge in [-0.05, 0) is 44.0 Å². The third-order valence-electron chi connectivity index (χ3n) is 4.60. The molecule has 24 heavy (non-hydrogen) atoms. The number of anilines is 2. The third-order valence-corrected chi connectivity index (χ3v) is 4.60. The van der Waals surface area contributed by atoms with Crippen molar-refractivity contribution < 1.29 is 9.90 Å². The van der Waals surface area contributed by atoms with Gasteiger partial charge in [0.25, 0.3) is 5.91 Å². The minimum Gasteiger partial charge on any atom is -0.391 e. The molecule has 2 aromatic rings. The second kappa shape index (κ2) is 7.01. The lowest BCUT2D eigenvalue weighted by molar-refractivity contribution is 0.0309. The molecule has 0 spiro atoms. The quantitative estimate of drug-likeness (QED) is 0.943. The van der Waals surface area contributed by atoms with Gasteiger partial charge >= 0.3 is 0 Å². The fourth-order valence-electron chi connectivity index (χ4n) is 3.03. The highest BCUT2D eigenvalue weighted by molar-refractivity contribution is 5.94. The van der Waals surface area contributed by atoms with Crippen molar-refractivity contribution in [3.63, 3.8) is 0 Å². The largest absolute Gasteiger partial charge is 0.391 e. The number of amides is 1. The zero-order valence-corrected chi connectivity index (χ0v) is 14.1. The summed E-state index contributed by atoms with van der Waals surface area (Å²) in [5.41, 5.74) is 1.60. The van der Waals surface area contributed by atoms with Gasteiger partial charge in [-0.1, -0.05) is 18.2 Å². The number of nitrogens with zero attached hydrogens (tertiary/aromatic N) is 3. The number of rotatable bonds is 3. The van der Waals surface area contributed by atoms with Gasteiger partial charge in [0.1, 0.15) is 5.82 Å². The van der Waals surface area contributed by atoms with Crippen LogP contribution in [0, 0.1) is 0 Å². The molecule has 5 nitrogen and oxygen atoms in total. The number of carbonyl (C=O) groups is 1. The summed E-state index contributed by atoms with van der Waals surface area (Å²) < 4.78 is 0. The number of aliphatic hydroxyl groups excluding tert-OH is 1. The lowest BCUT2D eigenvalue weighted by Crippen LogP contribution is -2.47. The van der Waals surface area contributed by atoms with Crippen molar-refractivity contribution in [3.8, 4) is 0 Å². The molecule has 1 aromatic carbocycles. The van der Waals surface area contributed by atoms with E-state index in [1.54, 1.807) is 17.2 Å². The average molecular weight is 325 g/mol. The van der Waals surface area contributed by atoms with Crippen LogP contribution >= 0.6 is 0 Å². The second-order valence-corrected chi connectivity index (χ2v) is 6.34.